The minimum atomic E-state index is -0.622. The third-order valence-corrected chi connectivity index (χ3v) is 5.11. The fourth-order valence-corrected chi connectivity index (χ4v) is 3.44. The van der Waals surface area contributed by atoms with Crippen LogP contribution in [-0.4, -0.2) is 30.5 Å². The number of carbonyl (C=O) groups excluding carboxylic acids is 2. The molecule has 6 heteroatoms. The fraction of sp³-hybridized carbons (Fsp3) is 0.0800. The summed E-state index contributed by atoms with van der Waals surface area (Å²) in [6.45, 7) is -0.392. The SMILES string of the molecule is COc1cccc(C(=O)COC(=O)c2cc(-c3ccccc3)nc3c(Cl)cccc23)c1. The van der Waals surface area contributed by atoms with Crippen molar-refractivity contribution < 1.29 is 19.1 Å². The molecule has 31 heavy (non-hydrogen) atoms. The van der Waals surface area contributed by atoms with Gasteiger partial charge < -0.3 is 9.47 Å². The highest BCUT2D eigenvalue weighted by molar-refractivity contribution is 6.35. The fourth-order valence-electron chi connectivity index (χ4n) is 3.23. The van der Waals surface area contributed by atoms with E-state index >= 15 is 0 Å². The monoisotopic (exact) mass is 431 g/mol. The van der Waals surface area contributed by atoms with Gasteiger partial charge in [0.2, 0.25) is 0 Å². The molecule has 0 amide bonds. The second-order valence-corrected chi connectivity index (χ2v) is 7.20. The van der Waals surface area contributed by atoms with Gasteiger partial charge >= 0.3 is 5.97 Å². The third-order valence-electron chi connectivity index (χ3n) is 4.81. The van der Waals surface area contributed by atoms with E-state index < -0.39 is 12.6 Å². The largest absolute Gasteiger partial charge is 0.497 e. The van der Waals surface area contributed by atoms with E-state index in [1.165, 1.54) is 7.11 Å². The molecule has 1 aromatic heterocycles. The number of hydrogen-bond donors (Lipinski definition) is 0. The van der Waals surface area contributed by atoms with E-state index in [1.807, 2.05) is 30.3 Å². The number of methoxy groups -OCH3 is 1. The smallest absolute Gasteiger partial charge is 0.339 e. The van der Waals surface area contributed by atoms with Crippen molar-refractivity contribution in [3.05, 3.63) is 95.0 Å². The Hall–Kier alpha value is -3.70. The predicted molar refractivity (Wildman–Crippen MR) is 120 cm³/mol. The van der Waals surface area contributed by atoms with Crippen LogP contribution < -0.4 is 4.74 Å². The molecule has 0 N–H and O–H groups in total. The van der Waals surface area contributed by atoms with E-state index in [2.05, 4.69) is 4.98 Å². The average Bonchev–Trinajstić information content (AvgIpc) is 2.82. The van der Waals surface area contributed by atoms with Gasteiger partial charge in [-0.3, -0.25) is 4.79 Å². The number of halogens is 1. The van der Waals surface area contributed by atoms with Crippen LogP contribution in [0.25, 0.3) is 22.2 Å². The second-order valence-electron chi connectivity index (χ2n) is 6.79. The number of hydrogen-bond acceptors (Lipinski definition) is 5. The van der Waals surface area contributed by atoms with Crippen molar-refractivity contribution in [2.75, 3.05) is 13.7 Å². The molecule has 0 unspecified atom stereocenters. The van der Waals surface area contributed by atoms with E-state index in [0.29, 0.717) is 38.5 Å². The van der Waals surface area contributed by atoms with Gasteiger partial charge in [-0.2, -0.15) is 0 Å². The summed E-state index contributed by atoms with van der Waals surface area (Å²) in [5.41, 5.74) is 2.62. The number of ether oxygens (including phenoxy) is 2. The molecule has 1 heterocycles. The molecule has 0 radical (unpaired) electrons. The lowest BCUT2D eigenvalue weighted by molar-refractivity contribution is 0.0476. The zero-order valence-electron chi connectivity index (χ0n) is 16.7. The van der Waals surface area contributed by atoms with Crippen LogP contribution in [0, 0.1) is 0 Å². The minimum absolute atomic E-state index is 0.296. The molecule has 0 fully saturated rings. The van der Waals surface area contributed by atoms with Gasteiger partial charge in [0.1, 0.15) is 5.75 Å². The highest BCUT2D eigenvalue weighted by Gasteiger charge is 2.18. The van der Waals surface area contributed by atoms with E-state index in [4.69, 9.17) is 21.1 Å². The molecule has 0 aliphatic carbocycles. The Labute approximate surface area is 184 Å². The summed E-state index contributed by atoms with van der Waals surface area (Å²) in [4.78, 5) is 30.1. The number of nitrogens with zero attached hydrogens (tertiary/aromatic N) is 1. The van der Waals surface area contributed by atoms with Crippen molar-refractivity contribution >= 4 is 34.3 Å². The average molecular weight is 432 g/mol. The Morgan fingerprint density at radius 2 is 1.71 bits per heavy atom. The first-order chi connectivity index (χ1) is 15.1. The normalized spacial score (nSPS) is 10.6. The topological polar surface area (TPSA) is 65.5 Å². The van der Waals surface area contributed by atoms with Gasteiger partial charge in [0, 0.05) is 16.5 Å². The van der Waals surface area contributed by atoms with Crippen molar-refractivity contribution in [1.82, 2.24) is 4.98 Å². The van der Waals surface area contributed by atoms with Crippen molar-refractivity contribution in [3.63, 3.8) is 0 Å². The van der Waals surface area contributed by atoms with E-state index in [9.17, 15) is 9.59 Å². The van der Waals surface area contributed by atoms with Crippen LogP contribution in [-0.2, 0) is 4.74 Å². The molecule has 0 bridgehead atoms. The Morgan fingerprint density at radius 3 is 2.48 bits per heavy atom. The van der Waals surface area contributed by atoms with Gasteiger partial charge in [0.05, 0.1) is 28.9 Å². The zero-order valence-corrected chi connectivity index (χ0v) is 17.4. The lowest BCUT2D eigenvalue weighted by Crippen LogP contribution is -2.15. The molecule has 4 aromatic rings. The summed E-state index contributed by atoms with van der Waals surface area (Å²) in [7, 11) is 1.52. The number of benzene rings is 3. The van der Waals surface area contributed by atoms with Gasteiger partial charge in [0.25, 0.3) is 0 Å². The first kappa shape index (κ1) is 20.6. The molecule has 0 saturated heterocycles. The van der Waals surface area contributed by atoms with Crippen LogP contribution in [0.3, 0.4) is 0 Å². The van der Waals surface area contributed by atoms with Crippen LogP contribution in [0.5, 0.6) is 5.75 Å². The van der Waals surface area contributed by atoms with Crippen molar-refractivity contribution in [2.24, 2.45) is 0 Å². The maximum Gasteiger partial charge on any atom is 0.339 e. The molecule has 0 spiro atoms. The summed E-state index contributed by atoms with van der Waals surface area (Å²) in [6.07, 6.45) is 0. The summed E-state index contributed by atoms with van der Waals surface area (Å²) < 4.78 is 10.5. The quantitative estimate of drug-likeness (QED) is 0.293. The number of rotatable bonds is 6. The molecule has 0 atom stereocenters. The number of pyridine rings is 1. The first-order valence-corrected chi connectivity index (χ1v) is 9.93. The lowest BCUT2D eigenvalue weighted by Gasteiger charge is -2.11. The van der Waals surface area contributed by atoms with Gasteiger partial charge in [-0.1, -0.05) is 66.2 Å². The predicted octanol–water partition coefficient (Wildman–Crippen LogP) is 5.60. The molecule has 3 aromatic carbocycles. The number of para-hydroxylation sites is 1. The van der Waals surface area contributed by atoms with E-state index in [1.54, 1.807) is 48.5 Å². The van der Waals surface area contributed by atoms with Gasteiger partial charge in [-0.25, -0.2) is 9.78 Å². The lowest BCUT2D eigenvalue weighted by atomic mass is 10.0. The minimum Gasteiger partial charge on any atom is -0.497 e. The number of carbonyl (C=O) groups is 2. The Kier molecular flexibility index (Phi) is 5.96. The van der Waals surface area contributed by atoms with Gasteiger partial charge in [-0.05, 0) is 24.3 Å². The molecule has 0 saturated carbocycles. The maximum absolute atomic E-state index is 12.9. The number of fused-ring (bicyclic) bond motifs is 1. The number of Topliss-reactive ketones (excluding diaryl/α,β-unsaturated/α-hetero) is 1. The Balaban J connectivity index is 1.65. The van der Waals surface area contributed by atoms with Gasteiger partial charge in [-0.15, -0.1) is 0 Å². The standard InChI is InChI=1S/C25H18ClNO4/c1-30-18-10-5-9-17(13-18)23(28)15-31-25(29)20-14-22(16-7-3-2-4-8-16)27-24-19(20)11-6-12-21(24)26/h2-14H,15H2,1H3. The number of ketones is 1. The van der Waals surface area contributed by atoms with Crippen LogP contribution in [0.2, 0.25) is 5.02 Å². The maximum atomic E-state index is 12.9. The summed E-state index contributed by atoms with van der Waals surface area (Å²) in [5, 5.41) is 0.989. The van der Waals surface area contributed by atoms with Crippen LogP contribution in [0.15, 0.2) is 78.9 Å². The summed E-state index contributed by atoms with van der Waals surface area (Å²) >= 11 is 6.35. The molecule has 4 rings (SSSR count). The van der Waals surface area contributed by atoms with Crippen LogP contribution >= 0.6 is 11.6 Å². The van der Waals surface area contributed by atoms with Crippen molar-refractivity contribution in [1.29, 1.82) is 0 Å². The molecule has 154 valence electrons. The molecule has 0 aliphatic heterocycles. The van der Waals surface area contributed by atoms with E-state index in [0.717, 1.165) is 5.56 Å². The molecular formula is C25H18ClNO4. The third kappa shape index (κ3) is 4.42. The Bertz CT molecular complexity index is 1270. The molecular weight excluding hydrogens is 414 g/mol. The summed E-state index contributed by atoms with van der Waals surface area (Å²) in [6, 6.07) is 23.0. The van der Waals surface area contributed by atoms with Crippen LogP contribution in [0.1, 0.15) is 20.7 Å². The highest BCUT2D eigenvalue weighted by Crippen LogP contribution is 2.29. The van der Waals surface area contributed by atoms with Crippen LogP contribution in [0.4, 0.5) is 0 Å². The number of aromatic nitrogens is 1. The van der Waals surface area contributed by atoms with E-state index in [-0.39, 0.29) is 5.78 Å². The van der Waals surface area contributed by atoms with Crippen molar-refractivity contribution in [3.8, 4) is 17.0 Å². The molecule has 0 aliphatic rings. The van der Waals surface area contributed by atoms with Gasteiger partial charge in [0.15, 0.2) is 12.4 Å². The Morgan fingerprint density at radius 1 is 0.935 bits per heavy atom. The van der Waals surface area contributed by atoms with Crippen molar-refractivity contribution in [2.45, 2.75) is 0 Å². The number of esters is 1. The molecule has 5 nitrogen and oxygen atoms in total. The zero-order chi connectivity index (χ0) is 21.8. The second kappa shape index (κ2) is 8.98. The summed E-state index contributed by atoms with van der Waals surface area (Å²) in [5.74, 6) is -0.394. The highest BCUT2D eigenvalue weighted by atomic mass is 35.5. The first-order valence-electron chi connectivity index (χ1n) is 9.56.